The molecule has 0 fully saturated rings. The van der Waals surface area contributed by atoms with Gasteiger partial charge in [-0.1, -0.05) is 31.8 Å². The van der Waals surface area contributed by atoms with Gasteiger partial charge in [-0.3, -0.25) is 5.10 Å². The van der Waals surface area contributed by atoms with Crippen molar-refractivity contribution in [3.63, 3.8) is 0 Å². The zero-order valence-electron chi connectivity index (χ0n) is 10.2. The summed E-state index contributed by atoms with van der Waals surface area (Å²) in [5.74, 6) is 2.07. The van der Waals surface area contributed by atoms with Crippen LogP contribution in [0, 0.1) is 0 Å². The normalized spacial score (nSPS) is 12.8. The number of nitrogens with zero attached hydrogens (tertiary/aromatic N) is 4. The Labute approximate surface area is 99.8 Å². The molecule has 17 heavy (non-hydrogen) atoms. The van der Waals surface area contributed by atoms with Gasteiger partial charge in [0.2, 0.25) is 11.7 Å². The average molecular weight is 235 g/mol. The zero-order valence-corrected chi connectivity index (χ0v) is 10.2. The van der Waals surface area contributed by atoms with E-state index in [1.807, 2.05) is 0 Å². The highest BCUT2D eigenvalue weighted by atomic mass is 16.5. The molecule has 2 rings (SSSR count). The van der Waals surface area contributed by atoms with Crippen LogP contribution in [-0.4, -0.2) is 25.3 Å². The van der Waals surface area contributed by atoms with Gasteiger partial charge in [0.25, 0.3) is 0 Å². The maximum absolute atomic E-state index is 5.29. The highest BCUT2D eigenvalue weighted by Gasteiger charge is 2.18. The molecule has 0 spiro atoms. The standard InChI is InChI=1S/C11H17N5O/c1-3-5-6-8(4-2)11-14-10(16-17-11)9-12-7-13-15-9/h7-8H,3-6H2,1-2H3,(H,12,13,15). The molecule has 1 N–H and O–H groups in total. The summed E-state index contributed by atoms with van der Waals surface area (Å²) < 4.78 is 5.29. The molecule has 0 radical (unpaired) electrons. The van der Waals surface area contributed by atoms with Crippen molar-refractivity contribution in [2.24, 2.45) is 0 Å². The molecular weight excluding hydrogens is 218 g/mol. The predicted molar refractivity (Wildman–Crippen MR) is 62.2 cm³/mol. The van der Waals surface area contributed by atoms with E-state index in [9.17, 15) is 0 Å². The fourth-order valence-corrected chi connectivity index (χ4v) is 1.76. The molecule has 0 bridgehead atoms. The maximum Gasteiger partial charge on any atom is 0.239 e. The molecule has 2 heterocycles. The number of hydrogen-bond acceptors (Lipinski definition) is 5. The van der Waals surface area contributed by atoms with Crippen LogP contribution in [0.25, 0.3) is 11.6 Å². The number of unbranched alkanes of at least 4 members (excludes halogenated alkanes) is 1. The quantitative estimate of drug-likeness (QED) is 0.832. The molecule has 92 valence electrons. The first-order chi connectivity index (χ1) is 8.35. The second-order valence-electron chi connectivity index (χ2n) is 4.04. The van der Waals surface area contributed by atoms with Crippen LogP contribution in [-0.2, 0) is 0 Å². The Hall–Kier alpha value is -1.72. The predicted octanol–water partition coefficient (Wildman–Crippen LogP) is 2.54. The fraction of sp³-hybridized carbons (Fsp3) is 0.636. The van der Waals surface area contributed by atoms with Gasteiger partial charge in [-0.25, -0.2) is 4.98 Å². The van der Waals surface area contributed by atoms with Crippen molar-refractivity contribution in [1.29, 1.82) is 0 Å². The molecule has 0 amide bonds. The monoisotopic (exact) mass is 235 g/mol. The van der Waals surface area contributed by atoms with Crippen LogP contribution in [0.5, 0.6) is 0 Å². The van der Waals surface area contributed by atoms with Crippen molar-refractivity contribution >= 4 is 0 Å². The summed E-state index contributed by atoms with van der Waals surface area (Å²) in [6, 6.07) is 0. The fourth-order valence-electron chi connectivity index (χ4n) is 1.76. The highest BCUT2D eigenvalue weighted by Crippen LogP contribution is 2.25. The van der Waals surface area contributed by atoms with Crippen LogP contribution in [0.2, 0.25) is 0 Å². The van der Waals surface area contributed by atoms with E-state index in [1.54, 1.807) is 0 Å². The van der Waals surface area contributed by atoms with E-state index in [2.05, 4.69) is 39.2 Å². The van der Waals surface area contributed by atoms with Crippen LogP contribution >= 0.6 is 0 Å². The van der Waals surface area contributed by atoms with E-state index in [1.165, 1.54) is 19.2 Å². The Balaban J connectivity index is 2.11. The molecule has 0 aliphatic carbocycles. The summed E-state index contributed by atoms with van der Waals surface area (Å²) in [6.45, 7) is 4.32. The van der Waals surface area contributed by atoms with E-state index >= 15 is 0 Å². The van der Waals surface area contributed by atoms with Gasteiger partial charge in [0, 0.05) is 5.92 Å². The van der Waals surface area contributed by atoms with Crippen molar-refractivity contribution in [1.82, 2.24) is 25.3 Å². The minimum atomic E-state index is 0.346. The molecule has 0 aliphatic rings. The number of nitrogens with one attached hydrogen (secondary N) is 1. The van der Waals surface area contributed by atoms with E-state index < -0.39 is 0 Å². The first kappa shape index (κ1) is 11.8. The first-order valence-electron chi connectivity index (χ1n) is 6.04. The van der Waals surface area contributed by atoms with Crippen molar-refractivity contribution in [2.45, 2.75) is 45.4 Å². The van der Waals surface area contributed by atoms with Crippen molar-refractivity contribution in [3.8, 4) is 11.6 Å². The van der Waals surface area contributed by atoms with Crippen LogP contribution in [0.4, 0.5) is 0 Å². The highest BCUT2D eigenvalue weighted by molar-refractivity contribution is 5.39. The van der Waals surface area contributed by atoms with Gasteiger partial charge in [0.15, 0.2) is 5.82 Å². The topological polar surface area (TPSA) is 80.5 Å². The lowest BCUT2D eigenvalue weighted by Crippen LogP contribution is -1.98. The van der Waals surface area contributed by atoms with Gasteiger partial charge in [-0.05, 0) is 12.8 Å². The second-order valence-corrected chi connectivity index (χ2v) is 4.04. The van der Waals surface area contributed by atoms with E-state index in [-0.39, 0.29) is 0 Å². The number of hydrogen-bond donors (Lipinski definition) is 1. The number of aromatic amines is 1. The van der Waals surface area contributed by atoms with Crippen LogP contribution < -0.4 is 0 Å². The van der Waals surface area contributed by atoms with Crippen molar-refractivity contribution < 1.29 is 4.52 Å². The third-order valence-electron chi connectivity index (χ3n) is 2.82. The molecule has 0 aliphatic heterocycles. The largest absolute Gasteiger partial charge is 0.339 e. The summed E-state index contributed by atoms with van der Waals surface area (Å²) in [5.41, 5.74) is 0. The smallest absolute Gasteiger partial charge is 0.239 e. The van der Waals surface area contributed by atoms with Crippen molar-refractivity contribution in [2.75, 3.05) is 0 Å². The third kappa shape index (κ3) is 2.69. The summed E-state index contributed by atoms with van der Waals surface area (Å²) in [6.07, 6.45) is 5.89. The lowest BCUT2D eigenvalue weighted by Gasteiger charge is -2.07. The molecule has 0 saturated carbocycles. The van der Waals surface area contributed by atoms with Crippen LogP contribution in [0.15, 0.2) is 10.9 Å². The van der Waals surface area contributed by atoms with E-state index in [0.717, 1.165) is 12.8 Å². The first-order valence-corrected chi connectivity index (χ1v) is 6.04. The lowest BCUT2D eigenvalue weighted by molar-refractivity contribution is 0.340. The van der Waals surface area contributed by atoms with Gasteiger partial charge in [-0.2, -0.15) is 10.1 Å². The number of H-pyrrole nitrogens is 1. The van der Waals surface area contributed by atoms with Gasteiger partial charge < -0.3 is 4.52 Å². The Morgan fingerprint density at radius 3 is 2.94 bits per heavy atom. The summed E-state index contributed by atoms with van der Waals surface area (Å²) in [5, 5.41) is 10.4. The lowest BCUT2D eigenvalue weighted by atomic mass is 9.99. The van der Waals surface area contributed by atoms with E-state index in [0.29, 0.717) is 23.5 Å². The van der Waals surface area contributed by atoms with Gasteiger partial charge in [0.05, 0.1) is 0 Å². The number of aromatic nitrogens is 5. The average Bonchev–Trinajstić information content (AvgIpc) is 3.00. The third-order valence-corrected chi connectivity index (χ3v) is 2.82. The molecule has 6 heteroatoms. The molecule has 1 unspecified atom stereocenters. The van der Waals surface area contributed by atoms with Gasteiger partial charge >= 0.3 is 0 Å². The molecule has 2 aromatic heterocycles. The summed E-state index contributed by atoms with van der Waals surface area (Å²) >= 11 is 0. The van der Waals surface area contributed by atoms with Gasteiger partial charge in [-0.15, -0.1) is 0 Å². The Morgan fingerprint density at radius 1 is 1.41 bits per heavy atom. The Bertz CT molecular complexity index is 436. The zero-order chi connectivity index (χ0) is 12.1. The minimum Gasteiger partial charge on any atom is -0.339 e. The molecule has 1 atom stereocenters. The van der Waals surface area contributed by atoms with Crippen LogP contribution in [0.1, 0.15) is 51.3 Å². The van der Waals surface area contributed by atoms with Gasteiger partial charge in [0.1, 0.15) is 6.33 Å². The Morgan fingerprint density at radius 2 is 2.29 bits per heavy atom. The summed E-state index contributed by atoms with van der Waals surface area (Å²) in [7, 11) is 0. The Kier molecular flexibility index (Phi) is 3.85. The minimum absolute atomic E-state index is 0.346. The van der Waals surface area contributed by atoms with Crippen molar-refractivity contribution in [3.05, 3.63) is 12.2 Å². The second kappa shape index (κ2) is 5.56. The number of rotatable bonds is 6. The SMILES string of the molecule is CCCCC(CC)c1nc(-c2ncn[nH]2)no1. The molecular formula is C11H17N5O. The maximum atomic E-state index is 5.29. The van der Waals surface area contributed by atoms with E-state index in [4.69, 9.17) is 4.52 Å². The van der Waals surface area contributed by atoms with Crippen LogP contribution in [0.3, 0.4) is 0 Å². The molecule has 2 aromatic rings. The molecule has 6 nitrogen and oxygen atoms in total. The molecule has 0 saturated heterocycles. The summed E-state index contributed by atoms with van der Waals surface area (Å²) in [4.78, 5) is 8.36. The molecule has 0 aromatic carbocycles.